The highest BCUT2D eigenvalue weighted by molar-refractivity contribution is 5.99. The minimum atomic E-state index is -0.0499. The summed E-state index contributed by atoms with van der Waals surface area (Å²) in [4.78, 5) is 18.6. The first-order valence-corrected chi connectivity index (χ1v) is 7.49. The Kier molecular flexibility index (Phi) is 5.80. The average molecular weight is 276 g/mol. The molecule has 1 fully saturated rings. The minimum absolute atomic E-state index is 0.0499. The summed E-state index contributed by atoms with van der Waals surface area (Å²) in [5, 5.41) is 6.17. The molecule has 2 heterocycles. The first-order valence-electron chi connectivity index (χ1n) is 7.49. The van der Waals surface area contributed by atoms with Gasteiger partial charge in [0, 0.05) is 32.0 Å². The predicted octanol–water partition coefficient (Wildman–Crippen LogP) is 1.73. The number of rotatable bonds is 6. The van der Waals surface area contributed by atoms with Crippen LogP contribution in [0.2, 0.25) is 0 Å². The number of nitrogens with zero attached hydrogens (tertiary/aromatic N) is 2. The van der Waals surface area contributed by atoms with Crippen molar-refractivity contribution in [3.8, 4) is 0 Å². The smallest absolute Gasteiger partial charge is 0.254 e. The maximum atomic E-state index is 12.2. The van der Waals surface area contributed by atoms with Crippen molar-refractivity contribution < 1.29 is 4.79 Å². The number of carbonyl (C=O) groups excluding carboxylic acids is 1. The van der Waals surface area contributed by atoms with Gasteiger partial charge < -0.3 is 15.5 Å². The van der Waals surface area contributed by atoms with E-state index in [2.05, 4.69) is 20.5 Å². The van der Waals surface area contributed by atoms with Gasteiger partial charge in [0.25, 0.3) is 5.91 Å². The number of anilines is 1. The largest absolute Gasteiger partial charge is 0.385 e. The molecule has 0 saturated carbocycles. The Hall–Kier alpha value is -1.62. The van der Waals surface area contributed by atoms with Crippen molar-refractivity contribution in [3.63, 3.8) is 0 Å². The number of pyridine rings is 1. The number of amides is 1. The summed E-state index contributed by atoms with van der Waals surface area (Å²) in [5.74, 6) is -0.0499. The van der Waals surface area contributed by atoms with Crippen LogP contribution in [0, 0.1) is 0 Å². The molecule has 1 aliphatic heterocycles. The normalized spacial score (nSPS) is 15.8. The van der Waals surface area contributed by atoms with Gasteiger partial charge in [-0.05, 0) is 38.9 Å². The zero-order chi connectivity index (χ0) is 14.2. The lowest BCUT2D eigenvalue weighted by atomic mass is 10.1. The molecule has 0 aromatic carbocycles. The van der Waals surface area contributed by atoms with Gasteiger partial charge in [0.1, 0.15) is 0 Å². The Morgan fingerprint density at radius 3 is 2.90 bits per heavy atom. The Bertz CT molecular complexity index is 430. The van der Waals surface area contributed by atoms with E-state index in [9.17, 15) is 4.79 Å². The highest BCUT2D eigenvalue weighted by Crippen LogP contribution is 2.13. The zero-order valence-electron chi connectivity index (χ0n) is 12.2. The van der Waals surface area contributed by atoms with Crippen molar-refractivity contribution in [1.82, 2.24) is 15.2 Å². The summed E-state index contributed by atoms with van der Waals surface area (Å²) in [6.45, 7) is 6.75. The molecule has 1 aliphatic rings. The molecule has 20 heavy (non-hydrogen) atoms. The molecule has 2 rings (SSSR count). The standard InChI is InChI=1S/C15H24N4O/c1-2-17-14-6-7-16-12-13(14)15(20)18-8-11-19-9-4-3-5-10-19/h6-7,12H,2-5,8-11H2,1H3,(H,16,17)(H,18,20). The van der Waals surface area contributed by atoms with Crippen LogP contribution in [-0.4, -0.2) is 48.5 Å². The van der Waals surface area contributed by atoms with Gasteiger partial charge in [-0.1, -0.05) is 6.42 Å². The first kappa shape index (κ1) is 14.8. The molecule has 2 N–H and O–H groups in total. The molecule has 1 saturated heterocycles. The van der Waals surface area contributed by atoms with Crippen molar-refractivity contribution in [3.05, 3.63) is 24.0 Å². The maximum Gasteiger partial charge on any atom is 0.254 e. The lowest BCUT2D eigenvalue weighted by molar-refractivity contribution is 0.0947. The molecule has 0 bridgehead atoms. The third kappa shape index (κ3) is 4.20. The highest BCUT2D eigenvalue weighted by Gasteiger charge is 2.12. The SMILES string of the molecule is CCNc1ccncc1C(=O)NCCN1CCCCC1. The minimum Gasteiger partial charge on any atom is -0.385 e. The first-order chi connectivity index (χ1) is 9.81. The second-order valence-corrected chi connectivity index (χ2v) is 5.11. The maximum absolute atomic E-state index is 12.2. The van der Waals surface area contributed by atoms with Crippen LogP contribution in [0.15, 0.2) is 18.5 Å². The van der Waals surface area contributed by atoms with Crippen molar-refractivity contribution >= 4 is 11.6 Å². The van der Waals surface area contributed by atoms with Gasteiger partial charge in [0.05, 0.1) is 11.3 Å². The second-order valence-electron chi connectivity index (χ2n) is 5.11. The van der Waals surface area contributed by atoms with E-state index in [1.54, 1.807) is 12.4 Å². The molecule has 0 aliphatic carbocycles. The molecule has 110 valence electrons. The molecule has 0 unspecified atom stereocenters. The van der Waals surface area contributed by atoms with Crippen LogP contribution in [0.3, 0.4) is 0 Å². The summed E-state index contributed by atoms with van der Waals surface area (Å²) in [6.07, 6.45) is 7.21. The summed E-state index contributed by atoms with van der Waals surface area (Å²) >= 11 is 0. The Balaban J connectivity index is 1.82. The Morgan fingerprint density at radius 1 is 1.35 bits per heavy atom. The van der Waals surface area contributed by atoms with Gasteiger partial charge >= 0.3 is 0 Å². The van der Waals surface area contributed by atoms with E-state index in [-0.39, 0.29) is 5.91 Å². The third-order valence-electron chi connectivity index (χ3n) is 3.60. The molecule has 5 heteroatoms. The molecular formula is C15H24N4O. The topological polar surface area (TPSA) is 57.3 Å². The Labute approximate surface area is 120 Å². The monoisotopic (exact) mass is 276 g/mol. The number of aromatic nitrogens is 1. The Morgan fingerprint density at radius 2 is 2.15 bits per heavy atom. The van der Waals surface area contributed by atoms with E-state index < -0.39 is 0 Å². The van der Waals surface area contributed by atoms with Crippen LogP contribution in [0.25, 0.3) is 0 Å². The predicted molar refractivity (Wildman–Crippen MR) is 81.0 cm³/mol. The molecule has 0 spiro atoms. The number of likely N-dealkylation sites (tertiary alicyclic amines) is 1. The average Bonchev–Trinajstić information content (AvgIpc) is 2.49. The van der Waals surface area contributed by atoms with Crippen LogP contribution in [-0.2, 0) is 0 Å². The van der Waals surface area contributed by atoms with Crippen molar-refractivity contribution in [2.45, 2.75) is 26.2 Å². The molecule has 1 aromatic heterocycles. The van der Waals surface area contributed by atoms with Crippen molar-refractivity contribution in [2.24, 2.45) is 0 Å². The number of nitrogens with one attached hydrogen (secondary N) is 2. The van der Waals surface area contributed by atoms with E-state index in [1.165, 1.54) is 19.3 Å². The number of piperidine rings is 1. The van der Waals surface area contributed by atoms with Gasteiger partial charge in [-0.15, -0.1) is 0 Å². The molecule has 0 atom stereocenters. The van der Waals surface area contributed by atoms with Gasteiger partial charge in [-0.25, -0.2) is 0 Å². The summed E-state index contributed by atoms with van der Waals surface area (Å²) in [5.41, 5.74) is 1.46. The van der Waals surface area contributed by atoms with Crippen LogP contribution >= 0.6 is 0 Å². The summed E-state index contributed by atoms with van der Waals surface area (Å²) in [7, 11) is 0. The molecule has 1 amide bonds. The van der Waals surface area contributed by atoms with Crippen molar-refractivity contribution in [2.75, 3.05) is 38.0 Å². The molecule has 1 aromatic rings. The van der Waals surface area contributed by atoms with E-state index >= 15 is 0 Å². The van der Waals surface area contributed by atoms with Gasteiger partial charge in [-0.2, -0.15) is 0 Å². The van der Waals surface area contributed by atoms with Gasteiger partial charge in [0.2, 0.25) is 0 Å². The zero-order valence-corrected chi connectivity index (χ0v) is 12.2. The number of hydrogen-bond acceptors (Lipinski definition) is 4. The molecule has 5 nitrogen and oxygen atoms in total. The number of hydrogen-bond donors (Lipinski definition) is 2. The fraction of sp³-hybridized carbons (Fsp3) is 0.600. The summed E-state index contributed by atoms with van der Waals surface area (Å²) in [6, 6.07) is 1.84. The fourth-order valence-electron chi connectivity index (χ4n) is 2.53. The quantitative estimate of drug-likeness (QED) is 0.831. The van der Waals surface area contributed by atoms with E-state index in [0.29, 0.717) is 12.1 Å². The van der Waals surface area contributed by atoms with Crippen LogP contribution in [0.4, 0.5) is 5.69 Å². The van der Waals surface area contributed by atoms with Crippen LogP contribution in [0.5, 0.6) is 0 Å². The number of carbonyl (C=O) groups is 1. The lowest BCUT2D eigenvalue weighted by Crippen LogP contribution is -2.37. The highest BCUT2D eigenvalue weighted by atomic mass is 16.1. The molecule has 0 radical (unpaired) electrons. The van der Waals surface area contributed by atoms with Crippen LogP contribution < -0.4 is 10.6 Å². The summed E-state index contributed by atoms with van der Waals surface area (Å²) < 4.78 is 0. The van der Waals surface area contributed by atoms with E-state index in [0.717, 1.165) is 31.9 Å². The lowest BCUT2D eigenvalue weighted by Gasteiger charge is -2.26. The van der Waals surface area contributed by atoms with Gasteiger partial charge in [0.15, 0.2) is 0 Å². The second kappa shape index (κ2) is 7.85. The van der Waals surface area contributed by atoms with Crippen molar-refractivity contribution in [1.29, 1.82) is 0 Å². The van der Waals surface area contributed by atoms with Gasteiger partial charge in [-0.3, -0.25) is 9.78 Å². The fourth-order valence-corrected chi connectivity index (χ4v) is 2.53. The van der Waals surface area contributed by atoms with E-state index in [1.807, 2.05) is 13.0 Å². The van der Waals surface area contributed by atoms with E-state index in [4.69, 9.17) is 0 Å². The van der Waals surface area contributed by atoms with Crippen LogP contribution in [0.1, 0.15) is 36.5 Å². The third-order valence-corrected chi connectivity index (χ3v) is 3.60. The molecular weight excluding hydrogens is 252 g/mol.